The van der Waals surface area contributed by atoms with Gasteiger partial charge in [0.25, 0.3) is 5.91 Å². The second-order valence-corrected chi connectivity index (χ2v) is 18.3. The largest absolute Gasteiger partial charge is 0.417 e. The van der Waals surface area contributed by atoms with Crippen LogP contribution in [0.5, 0.6) is 0 Å². The van der Waals surface area contributed by atoms with E-state index in [0.29, 0.717) is 31.7 Å². The number of carbonyl (C=O) groups is 4. The molecule has 2 fully saturated rings. The molecule has 354 valence electrons. The number of halogens is 3. The number of hydrogen-bond acceptors (Lipinski definition) is 11. The molecule has 0 unspecified atom stereocenters. The second-order valence-electron chi connectivity index (χ2n) is 17.1. The number of nitriles is 1. The van der Waals surface area contributed by atoms with Crippen molar-refractivity contribution in [2.24, 2.45) is 0 Å². The number of aryl methyl sites for hydroxylation is 2. The number of thiazole rings is 1. The lowest BCUT2D eigenvalue weighted by molar-refractivity contribution is -0.138. The first-order valence-corrected chi connectivity index (χ1v) is 23.3. The quantitative estimate of drug-likeness (QED) is 0.0574. The molecule has 2 saturated heterocycles. The van der Waals surface area contributed by atoms with Gasteiger partial charge in [0.05, 0.1) is 57.7 Å². The van der Waals surface area contributed by atoms with Gasteiger partial charge in [0, 0.05) is 43.9 Å². The van der Waals surface area contributed by atoms with Crippen LogP contribution in [0.25, 0.3) is 21.6 Å². The second kappa shape index (κ2) is 21.2. The van der Waals surface area contributed by atoms with E-state index in [-0.39, 0.29) is 49.1 Å². The summed E-state index contributed by atoms with van der Waals surface area (Å²) in [6.45, 7) is 5.75. The topological polar surface area (TPSA) is 168 Å². The molecule has 68 heavy (non-hydrogen) atoms. The van der Waals surface area contributed by atoms with Crippen LogP contribution in [0.3, 0.4) is 0 Å². The summed E-state index contributed by atoms with van der Waals surface area (Å²) in [5.41, 5.74) is 5.15. The van der Waals surface area contributed by atoms with Crippen LogP contribution in [0.15, 0.2) is 96.5 Å². The molecule has 3 N–H and O–H groups in total. The number of unbranched alkanes of at least 4 members (excludes halogenated alkanes) is 1. The molecule has 3 heterocycles. The van der Waals surface area contributed by atoms with Gasteiger partial charge >= 0.3 is 6.18 Å². The van der Waals surface area contributed by atoms with Crippen LogP contribution in [0.2, 0.25) is 0 Å². The van der Waals surface area contributed by atoms with Gasteiger partial charge in [0.2, 0.25) is 11.8 Å². The zero-order chi connectivity index (χ0) is 48.8. The first-order valence-electron chi connectivity index (χ1n) is 22.0. The van der Waals surface area contributed by atoms with E-state index in [4.69, 9.17) is 17.0 Å². The molecule has 1 aromatic heterocycles. The molecule has 5 aromatic rings. The molecule has 2 aliphatic rings. The summed E-state index contributed by atoms with van der Waals surface area (Å²) in [5, 5.41) is 25.5. The lowest BCUT2D eigenvalue weighted by Gasteiger charge is -2.29. The van der Waals surface area contributed by atoms with Crippen molar-refractivity contribution in [3.63, 3.8) is 0 Å². The molecule has 0 saturated carbocycles. The molecule has 0 bridgehead atoms. The summed E-state index contributed by atoms with van der Waals surface area (Å²) in [5.74, 6) is -1.53. The number of aliphatic hydroxyl groups excluding tert-OH is 1. The molecule has 13 nitrogen and oxygen atoms in total. The number of hydrogen-bond donors (Lipinski definition) is 3. The fraction of sp³-hybridized carbons (Fsp3) is 0.340. The van der Waals surface area contributed by atoms with Crippen molar-refractivity contribution in [3.05, 3.63) is 119 Å². The molecule has 0 radical (unpaired) electrons. The van der Waals surface area contributed by atoms with Gasteiger partial charge in [-0.3, -0.25) is 24.1 Å². The maximum absolute atomic E-state index is 13.7. The number of Topliss-reactive ketones (excluding diaryl/α,β-unsaturated/α-hetero) is 1. The highest BCUT2D eigenvalue weighted by Gasteiger charge is 2.51. The molecule has 0 aliphatic carbocycles. The fourth-order valence-electron chi connectivity index (χ4n) is 8.33. The molecule has 3 amide bonds. The summed E-state index contributed by atoms with van der Waals surface area (Å²) in [6, 6.07) is 27.0. The zero-order valence-corrected chi connectivity index (χ0v) is 39.3. The summed E-state index contributed by atoms with van der Waals surface area (Å²) in [4.78, 5) is 61.8. The molecule has 2 aliphatic heterocycles. The number of rotatable bonds is 18. The Morgan fingerprint density at radius 3 is 2.28 bits per heavy atom. The number of aromatic nitrogens is 1. The van der Waals surface area contributed by atoms with Crippen molar-refractivity contribution in [3.8, 4) is 27.6 Å². The number of alkyl halides is 3. The minimum absolute atomic E-state index is 0.0135. The first-order chi connectivity index (χ1) is 32.5. The van der Waals surface area contributed by atoms with Crippen LogP contribution < -0.4 is 20.4 Å². The zero-order valence-electron chi connectivity index (χ0n) is 37.6. The molecule has 0 spiro atoms. The highest BCUT2D eigenvalue weighted by molar-refractivity contribution is 7.81. The van der Waals surface area contributed by atoms with E-state index in [0.717, 1.165) is 62.0 Å². The van der Waals surface area contributed by atoms with Gasteiger partial charge in [0.1, 0.15) is 12.1 Å². The summed E-state index contributed by atoms with van der Waals surface area (Å²) >= 11 is 7.24. The number of ether oxygens (including phenoxy) is 1. The summed E-state index contributed by atoms with van der Waals surface area (Å²) in [7, 11) is 0. The third-order valence-electron chi connectivity index (χ3n) is 12.0. The Bertz CT molecular complexity index is 2700. The first kappa shape index (κ1) is 49.4. The Kier molecular flexibility index (Phi) is 15.4. The van der Waals surface area contributed by atoms with E-state index < -0.39 is 52.7 Å². The smallest absolute Gasteiger partial charge is 0.391 e. The van der Waals surface area contributed by atoms with Crippen molar-refractivity contribution in [2.75, 3.05) is 48.0 Å². The fourth-order valence-corrected chi connectivity index (χ4v) is 9.66. The maximum Gasteiger partial charge on any atom is 0.417 e. The molecular formula is C50H50F3N7O6S2. The number of thiocarbonyl (C=S) groups is 1. The van der Waals surface area contributed by atoms with Gasteiger partial charge < -0.3 is 30.3 Å². The highest BCUT2D eigenvalue weighted by atomic mass is 32.1. The number of nitrogens with one attached hydrogen (secondary N) is 2. The monoisotopic (exact) mass is 965 g/mol. The predicted octanol–water partition coefficient (Wildman–Crippen LogP) is 8.08. The molecular weight excluding hydrogens is 916 g/mol. The van der Waals surface area contributed by atoms with E-state index in [9.17, 15) is 42.7 Å². The molecule has 2 atom stereocenters. The number of amides is 3. The van der Waals surface area contributed by atoms with E-state index in [1.807, 2.05) is 73.1 Å². The van der Waals surface area contributed by atoms with E-state index in [1.54, 1.807) is 48.3 Å². The van der Waals surface area contributed by atoms with E-state index >= 15 is 0 Å². The summed E-state index contributed by atoms with van der Waals surface area (Å²) < 4.78 is 46.7. The minimum Gasteiger partial charge on any atom is -0.391 e. The number of anilines is 3. The SMILES string of the molecule is Cc1ncsc1-c1ccc(CCC(=O)[C@@H]2C[C@@H](O)CN2C(=O)CNC(=O)COCCCCNc2ccc(-c3ccc(N4C(=S)N(c5ccc(C#N)c(C(F)(F)F)c5)C(=O)C4(C)C)cc3)cc2)cc1. The number of ketones is 1. The summed E-state index contributed by atoms with van der Waals surface area (Å²) in [6.07, 6.45) is -3.29. The Morgan fingerprint density at radius 1 is 0.971 bits per heavy atom. The molecule has 4 aromatic carbocycles. The number of likely N-dealkylation sites (tertiary alicyclic amines) is 1. The van der Waals surface area contributed by atoms with E-state index in [2.05, 4.69) is 15.6 Å². The van der Waals surface area contributed by atoms with Crippen molar-refractivity contribution in [2.45, 2.75) is 76.7 Å². The van der Waals surface area contributed by atoms with Gasteiger partial charge in [-0.15, -0.1) is 11.3 Å². The Balaban J connectivity index is 0.798. The van der Waals surface area contributed by atoms with E-state index in [1.165, 1.54) is 11.0 Å². The van der Waals surface area contributed by atoms with Crippen molar-refractivity contribution in [1.29, 1.82) is 5.26 Å². The van der Waals surface area contributed by atoms with Crippen LogP contribution in [-0.4, -0.2) is 94.1 Å². The third-order valence-corrected chi connectivity index (χ3v) is 13.3. The standard InChI is InChI=1S/C50H50F3N7O6S2/c1-31-46(68-30-57-31)35-9-6-32(7-10-35)8-21-43(62)42-25-40(61)28-58(42)45(64)27-56-44(63)29-66-23-5-4-22-55-37-16-11-33(12-17-37)34-13-18-38(19-14-34)60-48(67)59(47(65)49(60,2)3)39-20-15-36(26-54)41(24-39)50(51,52)53/h6-7,9-20,24,30,40,42,55,61H,4-5,8,21-23,25,27-29H2,1-3H3,(H,56,63)/t40-,42+/m1/s1. The highest BCUT2D eigenvalue weighted by Crippen LogP contribution is 2.40. The van der Waals surface area contributed by atoms with Gasteiger partial charge in [-0.2, -0.15) is 18.4 Å². The minimum atomic E-state index is -4.80. The van der Waals surface area contributed by atoms with Crippen LogP contribution in [0.1, 0.15) is 61.9 Å². The average molecular weight is 966 g/mol. The van der Waals surface area contributed by atoms with Gasteiger partial charge in [-0.05, 0) is 117 Å². The average Bonchev–Trinajstić information content (AvgIpc) is 3.99. The lowest BCUT2D eigenvalue weighted by atomic mass is 10.00. The number of aliphatic hydroxyl groups is 1. The van der Waals surface area contributed by atoms with Crippen molar-refractivity contribution < 1.29 is 42.2 Å². The Hall–Kier alpha value is -6.52. The Morgan fingerprint density at radius 2 is 1.63 bits per heavy atom. The maximum atomic E-state index is 13.7. The predicted molar refractivity (Wildman–Crippen MR) is 258 cm³/mol. The van der Waals surface area contributed by atoms with Gasteiger partial charge in [-0.25, -0.2) is 4.98 Å². The van der Waals surface area contributed by atoms with Crippen molar-refractivity contribution in [1.82, 2.24) is 15.2 Å². The van der Waals surface area contributed by atoms with Crippen LogP contribution in [0, 0.1) is 18.3 Å². The number of β-amino-alcohol motifs (C(OH)–C–C–N with tert-alkyl or cyclic N) is 1. The lowest BCUT2D eigenvalue weighted by Crippen LogP contribution is -2.46. The van der Waals surface area contributed by atoms with Crippen LogP contribution >= 0.6 is 23.6 Å². The third kappa shape index (κ3) is 11.2. The number of carbonyl (C=O) groups excluding carboxylic acids is 4. The molecule has 18 heteroatoms. The Labute approximate surface area is 401 Å². The number of nitrogens with zero attached hydrogens (tertiary/aromatic N) is 5. The van der Waals surface area contributed by atoms with Gasteiger partial charge in [0.15, 0.2) is 10.9 Å². The van der Waals surface area contributed by atoms with Gasteiger partial charge in [-0.1, -0.05) is 48.5 Å². The number of benzene rings is 4. The van der Waals surface area contributed by atoms with Crippen LogP contribution in [0.4, 0.5) is 30.2 Å². The van der Waals surface area contributed by atoms with Crippen LogP contribution in [-0.2, 0) is 36.5 Å². The molecule has 7 rings (SSSR count). The van der Waals surface area contributed by atoms with Crippen molar-refractivity contribution >= 4 is 69.2 Å². The normalized spacial score (nSPS) is 16.8.